The number of benzene rings is 2. The lowest BCUT2D eigenvalue weighted by Gasteiger charge is -2.11. The van der Waals surface area contributed by atoms with Gasteiger partial charge in [0.25, 0.3) is 5.91 Å². The van der Waals surface area contributed by atoms with Crippen molar-refractivity contribution in [2.24, 2.45) is 0 Å². The van der Waals surface area contributed by atoms with Gasteiger partial charge in [-0.15, -0.1) is 0 Å². The van der Waals surface area contributed by atoms with E-state index in [9.17, 15) is 9.18 Å². The maximum atomic E-state index is 13.2. The van der Waals surface area contributed by atoms with Crippen molar-refractivity contribution in [1.29, 1.82) is 0 Å². The van der Waals surface area contributed by atoms with E-state index in [1.165, 1.54) is 23.9 Å². The summed E-state index contributed by atoms with van der Waals surface area (Å²) in [7, 11) is 0. The summed E-state index contributed by atoms with van der Waals surface area (Å²) in [5.74, 6) is -0.261. The molecule has 3 aromatic rings. The number of carbonyl (C=O) groups excluding carboxylic acids is 1. The van der Waals surface area contributed by atoms with Gasteiger partial charge in [0, 0.05) is 35.8 Å². The van der Waals surface area contributed by atoms with Crippen molar-refractivity contribution in [3.8, 4) is 0 Å². The Labute approximate surface area is 172 Å². The Morgan fingerprint density at radius 1 is 1.14 bits per heavy atom. The van der Waals surface area contributed by atoms with Crippen molar-refractivity contribution < 1.29 is 9.18 Å². The molecule has 1 aromatic heterocycles. The highest BCUT2D eigenvalue weighted by atomic mass is 32.2. The largest absolute Gasteiger partial charge is 0.342 e. The van der Waals surface area contributed by atoms with Crippen molar-refractivity contribution >= 4 is 51.2 Å². The summed E-state index contributed by atoms with van der Waals surface area (Å²) in [5.41, 5.74) is 3.07. The first-order chi connectivity index (χ1) is 13.6. The number of amides is 1. The topological polar surface area (TPSA) is 25.2 Å². The van der Waals surface area contributed by atoms with E-state index in [2.05, 4.69) is 16.7 Å². The Bertz CT molecular complexity index is 1090. The second-order valence-corrected chi connectivity index (χ2v) is 8.37. The van der Waals surface area contributed by atoms with Crippen LogP contribution >= 0.6 is 24.0 Å². The fourth-order valence-electron chi connectivity index (χ4n) is 3.37. The highest BCUT2D eigenvalue weighted by molar-refractivity contribution is 8.26. The monoisotopic (exact) mass is 410 g/mol. The predicted octanol–water partition coefficient (Wildman–Crippen LogP) is 5.44. The molecule has 4 rings (SSSR count). The number of thioether (sulfide) groups is 1. The van der Waals surface area contributed by atoms with Gasteiger partial charge >= 0.3 is 0 Å². The fraction of sp³-hybridized carbons (Fsp3) is 0.182. The number of hydrogen-bond donors (Lipinski definition) is 0. The van der Waals surface area contributed by atoms with Crippen LogP contribution in [0.4, 0.5) is 4.39 Å². The van der Waals surface area contributed by atoms with E-state index in [1.54, 1.807) is 17.0 Å². The molecule has 1 aliphatic heterocycles. The minimum atomic E-state index is -0.240. The average molecular weight is 411 g/mol. The maximum absolute atomic E-state index is 13.2. The van der Waals surface area contributed by atoms with Gasteiger partial charge in [0.05, 0.1) is 4.91 Å². The summed E-state index contributed by atoms with van der Waals surface area (Å²) in [6.07, 6.45) is 4.84. The normalized spacial score (nSPS) is 15.9. The van der Waals surface area contributed by atoms with Gasteiger partial charge in [-0.05, 0) is 36.3 Å². The third-order valence-electron chi connectivity index (χ3n) is 4.69. The number of hydrogen-bond acceptors (Lipinski definition) is 3. The van der Waals surface area contributed by atoms with Gasteiger partial charge in [-0.25, -0.2) is 4.39 Å². The summed E-state index contributed by atoms with van der Waals surface area (Å²) in [6.45, 7) is 3.31. The van der Waals surface area contributed by atoms with E-state index in [4.69, 9.17) is 12.2 Å². The molecule has 2 heterocycles. The van der Waals surface area contributed by atoms with Crippen LogP contribution in [0.5, 0.6) is 0 Å². The number of halogens is 1. The first-order valence-corrected chi connectivity index (χ1v) is 10.4. The van der Waals surface area contributed by atoms with Crippen LogP contribution < -0.4 is 0 Å². The first-order valence-electron chi connectivity index (χ1n) is 9.14. The van der Waals surface area contributed by atoms with Crippen LogP contribution in [0, 0.1) is 5.82 Å². The Kier molecular flexibility index (Phi) is 5.33. The third kappa shape index (κ3) is 3.62. The zero-order chi connectivity index (χ0) is 19.7. The zero-order valence-electron chi connectivity index (χ0n) is 15.4. The minimum absolute atomic E-state index is 0.0211. The number of thiocarbonyl (C=S) groups is 1. The average Bonchev–Trinajstić information content (AvgIpc) is 3.17. The van der Waals surface area contributed by atoms with E-state index in [1.807, 2.05) is 31.3 Å². The lowest BCUT2D eigenvalue weighted by atomic mass is 10.1. The molecular weight excluding hydrogens is 391 g/mol. The molecule has 1 amide bonds. The molecule has 1 saturated heterocycles. The summed E-state index contributed by atoms with van der Waals surface area (Å²) in [5, 5.41) is 1.07. The number of aromatic nitrogens is 1. The molecule has 0 saturated carbocycles. The van der Waals surface area contributed by atoms with E-state index < -0.39 is 0 Å². The molecule has 28 heavy (non-hydrogen) atoms. The summed E-state index contributed by atoms with van der Waals surface area (Å²) >= 11 is 6.72. The molecule has 0 spiro atoms. The second kappa shape index (κ2) is 7.89. The Balaban J connectivity index is 1.71. The smallest absolute Gasteiger partial charge is 0.266 e. The van der Waals surface area contributed by atoms with Gasteiger partial charge in [0.15, 0.2) is 0 Å². The molecular formula is C22H19FN2OS2. The van der Waals surface area contributed by atoms with Crippen LogP contribution in [0.15, 0.2) is 59.6 Å². The quantitative estimate of drug-likeness (QED) is 0.414. The Hall–Kier alpha value is -2.44. The molecule has 0 aliphatic carbocycles. The third-order valence-corrected chi connectivity index (χ3v) is 6.07. The predicted molar refractivity (Wildman–Crippen MR) is 118 cm³/mol. The Morgan fingerprint density at radius 2 is 1.89 bits per heavy atom. The van der Waals surface area contributed by atoms with Gasteiger partial charge in [-0.2, -0.15) is 0 Å². The highest BCUT2D eigenvalue weighted by Gasteiger charge is 2.31. The molecule has 1 fully saturated rings. The molecule has 0 radical (unpaired) electrons. The van der Waals surface area contributed by atoms with Gasteiger partial charge in [0.1, 0.15) is 10.1 Å². The van der Waals surface area contributed by atoms with Crippen molar-refractivity contribution in [2.45, 2.75) is 19.9 Å². The lowest BCUT2D eigenvalue weighted by molar-refractivity contribution is -0.122. The molecule has 0 bridgehead atoms. The molecule has 6 heteroatoms. The van der Waals surface area contributed by atoms with E-state index >= 15 is 0 Å². The lowest BCUT2D eigenvalue weighted by Crippen LogP contribution is -2.28. The van der Waals surface area contributed by atoms with Crippen molar-refractivity contribution in [2.75, 3.05) is 6.54 Å². The first kappa shape index (κ1) is 18.9. The summed E-state index contributed by atoms with van der Waals surface area (Å²) in [4.78, 5) is 15.0. The second-order valence-electron chi connectivity index (χ2n) is 6.69. The molecule has 142 valence electrons. The number of rotatable bonds is 5. The van der Waals surface area contributed by atoms with Crippen LogP contribution in [-0.4, -0.2) is 26.2 Å². The van der Waals surface area contributed by atoms with Crippen LogP contribution in [0.1, 0.15) is 24.5 Å². The number of nitrogens with zero attached hydrogens (tertiary/aromatic N) is 2. The molecule has 0 N–H and O–H groups in total. The van der Waals surface area contributed by atoms with E-state index in [0.29, 0.717) is 22.3 Å². The molecule has 0 unspecified atom stereocenters. The van der Waals surface area contributed by atoms with Crippen molar-refractivity contribution in [1.82, 2.24) is 9.47 Å². The number of carbonyl (C=O) groups is 1. The van der Waals surface area contributed by atoms with Crippen LogP contribution in [0.3, 0.4) is 0 Å². The van der Waals surface area contributed by atoms with E-state index in [0.717, 1.165) is 28.5 Å². The van der Waals surface area contributed by atoms with Crippen molar-refractivity contribution in [3.05, 3.63) is 76.6 Å². The number of fused-ring (bicyclic) bond motifs is 1. The highest BCUT2D eigenvalue weighted by Crippen LogP contribution is 2.34. The summed E-state index contributed by atoms with van der Waals surface area (Å²) < 4.78 is 15.9. The van der Waals surface area contributed by atoms with Gasteiger partial charge in [0.2, 0.25) is 0 Å². The SMILES string of the molecule is CCCN1C(=O)C(=Cc2cn(Cc3ccc(F)cc3)c3ccccc23)SC1=S. The molecule has 0 atom stereocenters. The van der Waals surface area contributed by atoms with Crippen molar-refractivity contribution in [3.63, 3.8) is 0 Å². The summed E-state index contributed by atoms with van der Waals surface area (Å²) in [6, 6.07) is 14.6. The van der Waals surface area contributed by atoms with Gasteiger partial charge in [-0.3, -0.25) is 9.69 Å². The van der Waals surface area contributed by atoms with Gasteiger partial charge in [-0.1, -0.05) is 61.2 Å². The maximum Gasteiger partial charge on any atom is 0.266 e. The molecule has 1 aliphatic rings. The van der Waals surface area contributed by atoms with Crippen LogP contribution in [0.2, 0.25) is 0 Å². The fourth-order valence-corrected chi connectivity index (χ4v) is 4.66. The van der Waals surface area contributed by atoms with Gasteiger partial charge < -0.3 is 4.57 Å². The Morgan fingerprint density at radius 3 is 2.64 bits per heavy atom. The van der Waals surface area contributed by atoms with Crippen LogP contribution in [0.25, 0.3) is 17.0 Å². The molecule has 2 aromatic carbocycles. The molecule has 3 nitrogen and oxygen atoms in total. The number of para-hydroxylation sites is 1. The zero-order valence-corrected chi connectivity index (χ0v) is 17.0. The van der Waals surface area contributed by atoms with Crippen LogP contribution in [-0.2, 0) is 11.3 Å². The van der Waals surface area contributed by atoms with E-state index in [-0.39, 0.29) is 11.7 Å². The standard InChI is InChI=1S/C22H19FN2OS2/c1-2-11-25-21(26)20(28-22(25)27)12-16-14-24(19-6-4-3-5-18(16)19)13-15-7-9-17(23)10-8-15/h3-10,12,14H,2,11,13H2,1H3. The minimum Gasteiger partial charge on any atom is -0.342 e.